The number of nitrogens with zero attached hydrogens (tertiary/aromatic N) is 3. The number of benzene rings is 1. The first-order chi connectivity index (χ1) is 12.2. The van der Waals surface area contributed by atoms with Gasteiger partial charge in [0.15, 0.2) is 6.61 Å². The van der Waals surface area contributed by atoms with E-state index in [2.05, 4.69) is 21.6 Å². The molecule has 0 bridgehead atoms. The molecule has 0 radical (unpaired) electrons. The van der Waals surface area contributed by atoms with Crippen molar-refractivity contribution in [3.63, 3.8) is 0 Å². The summed E-state index contributed by atoms with van der Waals surface area (Å²) in [5.74, 6) is 0.711. The van der Waals surface area contributed by atoms with Crippen molar-refractivity contribution in [3.05, 3.63) is 30.7 Å². The second-order valence-electron chi connectivity index (χ2n) is 6.21. The van der Waals surface area contributed by atoms with E-state index in [1.54, 1.807) is 24.3 Å². The molecule has 3 rings (SSSR count). The smallest absolute Gasteiger partial charge is 0.259 e. The summed E-state index contributed by atoms with van der Waals surface area (Å²) >= 11 is 0. The van der Waals surface area contributed by atoms with Crippen molar-refractivity contribution in [1.29, 1.82) is 5.26 Å². The predicted octanol–water partition coefficient (Wildman–Crippen LogP) is 2.85. The Morgan fingerprint density at radius 1 is 1.24 bits per heavy atom. The van der Waals surface area contributed by atoms with Crippen LogP contribution in [0.25, 0.3) is 11.5 Å². The van der Waals surface area contributed by atoms with Gasteiger partial charge in [-0.25, -0.2) is 0 Å². The number of carbonyl (C=O) groups excluding carboxylic acids is 1. The van der Waals surface area contributed by atoms with E-state index in [4.69, 9.17) is 9.15 Å². The molecule has 2 aromatic rings. The monoisotopic (exact) mass is 340 g/mol. The summed E-state index contributed by atoms with van der Waals surface area (Å²) in [6, 6.07) is 9.33. The first-order valence-electron chi connectivity index (χ1n) is 8.42. The van der Waals surface area contributed by atoms with Gasteiger partial charge in [-0.2, -0.15) is 5.26 Å². The number of carbonyl (C=O) groups is 1. The van der Waals surface area contributed by atoms with Crippen LogP contribution in [0, 0.1) is 11.3 Å². The van der Waals surface area contributed by atoms with Crippen LogP contribution in [-0.2, 0) is 4.79 Å². The van der Waals surface area contributed by atoms with Gasteiger partial charge in [0, 0.05) is 5.56 Å². The molecule has 1 aromatic heterocycles. The third-order valence-electron chi connectivity index (χ3n) is 4.38. The van der Waals surface area contributed by atoms with E-state index in [1.807, 2.05) is 0 Å². The van der Waals surface area contributed by atoms with Gasteiger partial charge in [-0.3, -0.25) is 4.79 Å². The highest BCUT2D eigenvalue weighted by atomic mass is 16.5. The number of hydrogen-bond donors (Lipinski definition) is 1. The topological polar surface area (TPSA) is 101 Å². The fraction of sp³-hybridized carbons (Fsp3) is 0.444. The summed E-state index contributed by atoms with van der Waals surface area (Å²) in [7, 11) is 0. The highest BCUT2D eigenvalue weighted by molar-refractivity contribution is 5.78. The van der Waals surface area contributed by atoms with Crippen LogP contribution in [0.1, 0.15) is 38.5 Å². The molecule has 0 unspecified atom stereocenters. The first-order valence-corrected chi connectivity index (χ1v) is 8.42. The molecule has 1 amide bonds. The van der Waals surface area contributed by atoms with E-state index < -0.39 is 5.54 Å². The van der Waals surface area contributed by atoms with Gasteiger partial charge in [-0.1, -0.05) is 25.7 Å². The molecule has 0 aliphatic heterocycles. The lowest BCUT2D eigenvalue weighted by Crippen LogP contribution is -2.48. The van der Waals surface area contributed by atoms with E-state index in [9.17, 15) is 10.1 Å². The summed E-state index contributed by atoms with van der Waals surface area (Å²) in [6.07, 6.45) is 6.83. The van der Waals surface area contributed by atoms with E-state index in [-0.39, 0.29) is 12.5 Å². The van der Waals surface area contributed by atoms with Gasteiger partial charge < -0.3 is 14.5 Å². The van der Waals surface area contributed by atoms with Gasteiger partial charge in [-0.05, 0) is 37.1 Å². The van der Waals surface area contributed by atoms with Gasteiger partial charge in [0.05, 0.1) is 6.07 Å². The van der Waals surface area contributed by atoms with Crippen molar-refractivity contribution in [1.82, 2.24) is 15.5 Å². The minimum atomic E-state index is -0.751. The zero-order valence-corrected chi connectivity index (χ0v) is 13.9. The molecule has 1 N–H and O–H groups in total. The van der Waals surface area contributed by atoms with Crippen molar-refractivity contribution in [2.45, 2.75) is 44.1 Å². The average Bonchev–Trinajstić information content (AvgIpc) is 3.08. The van der Waals surface area contributed by atoms with Gasteiger partial charge in [0.1, 0.15) is 11.3 Å². The van der Waals surface area contributed by atoms with Crippen molar-refractivity contribution < 1.29 is 13.9 Å². The van der Waals surface area contributed by atoms with Gasteiger partial charge in [-0.15, -0.1) is 10.2 Å². The maximum absolute atomic E-state index is 12.2. The molecule has 7 nitrogen and oxygen atoms in total. The number of ether oxygens (including phenoxy) is 1. The molecule has 0 atom stereocenters. The Morgan fingerprint density at radius 3 is 2.56 bits per heavy atom. The molecule has 1 fully saturated rings. The fourth-order valence-electron chi connectivity index (χ4n) is 3.04. The Labute approximate surface area is 146 Å². The quantitative estimate of drug-likeness (QED) is 0.840. The summed E-state index contributed by atoms with van der Waals surface area (Å²) in [6.45, 7) is -0.122. The molecule has 130 valence electrons. The predicted molar refractivity (Wildman–Crippen MR) is 89.4 cm³/mol. The number of aromatic nitrogens is 2. The number of rotatable bonds is 5. The number of hydrogen-bond acceptors (Lipinski definition) is 6. The number of amides is 1. The van der Waals surface area contributed by atoms with Crippen LogP contribution in [0.15, 0.2) is 35.1 Å². The van der Waals surface area contributed by atoms with Crippen LogP contribution in [0.3, 0.4) is 0 Å². The van der Waals surface area contributed by atoms with E-state index in [0.717, 1.165) is 31.2 Å². The Bertz CT molecular complexity index is 727. The van der Waals surface area contributed by atoms with Crippen molar-refractivity contribution in [2.75, 3.05) is 6.61 Å². The highest BCUT2D eigenvalue weighted by Crippen LogP contribution is 2.26. The molecule has 0 saturated heterocycles. The molecule has 1 aromatic carbocycles. The molecule has 25 heavy (non-hydrogen) atoms. The van der Waals surface area contributed by atoms with Crippen LogP contribution >= 0.6 is 0 Å². The Hall–Kier alpha value is -2.88. The third-order valence-corrected chi connectivity index (χ3v) is 4.38. The van der Waals surface area contributed by atoms with E-state index in [1.165, 1.54) is 6.39 Å². The van der Waals surface area contributed by atoms with Gasteiger partial charge in [0.2, 0.25) is 12.3 Å². The maximum atomic E-state index is 12.2. The van der Waals surface area contributed by atoms with Crippen molar-refractivity contribution >= 4 is 5.91 Å². The number of nitrogens with one attached hydrogen (secondary N) is 1. The van der Waals surface area contributed by atoms with Gasteiger partial charge >= 0.3 is 0 Å². The summed E-state index contributed by atoms with van der Waals surface area (Å²) in [5.41, 5.74) is 0.0230. The Morgan fingerprint density at radius 2 is 1.96 bits per heavy atom. The molecular weight excluding hydrogens is 320 g/mol. The maximum Gasteiger partial charge on any atom is 0.259 e. The lowest BCUT2D eigenvalue weighted by molar-refractivity contribution is -0.124. The van der Waals surface area contributed by atoms with Crippen molar-refractivity contribution in [3.8, 4) is 23.3 Å². The summed E-state index contributed by atoms with van der Waals surface area (Å²) in [4.78, 5) is 12.2. The minimum Gasteiger partial charge on any atom is -0.484 e. The second kappa shape index (κ2) is 7.79. The van der Waals surface area contributed by atoms with E-state index in [0.29, 0.717) is 24.5 Å². The fourth-order valence-corrected chi connectivity index (χ4v) is 3.04. The van der Waals surface area contributed by atoms with Crippen molar-refractivity contribution in [2.24, 2.45) is 0 Å². The molecule has 7 heteroatoms. The normalized spacial score (nSPS) is 16.4. The Balaban J connectivity index is 1.54. The largest absolute Gasteiger partial charge is 0.484 e. The lowest BCUT2D eigenvalue weighted by Gasteiger charge is -2.26. The Kier molecular flexibility index (Phi) is 5.29. The first kappa shape index (κ1) is 17.0. The third kappa shape index (κ3) is 4.35. The zero-order valence-electron chi connectivity index (χ0n) is 13.9. The van der Waals surface area contributed by atoms with Gasteiger partial charge in [0.25, 0.3) is 5.91 Å². The molecule has 1 heterocycles. The molecule has 1 aliphatic rings. The summed E-state index contributed by atoms with van der Waals surface area (Å²) in [5, 5.41) is 19.8. The molecular formula is C18H20N4O3. The van der Waals surface area contributed by atoms with Crippen LogP contribution in [0.2, 0.25) is 0 Å². The average molecular weight is 340 g/mol. The SMILES string of the molecule is N#CC1(NC(=O)COc2ccc(-c3nnco3)cc2)CCCCCC1. The summed E-state index contributed by atoms with van der Waals surface area (Å²) < 4.78 is 10.6. The van der Waals surface area contributed by atoms with Crippen LogP contribution in [-0.4, -0.2) is 28.3 Å². The molecule has 1 saturated carbocycles. The van der Waals surface area contributed by atoms with Crippen LogP contribution in [0.4, 0.5) is 0 Å². The molecule has 1 aliphatic carbocycles. The standard InChI is InChI=1S/C18H20N4O3/c19-12-18(9-3-1-2-4-10-18)21-16(23)11-24-15-7-5-14(6-8-15)17-22-20-13-25-17/h5-8,13H,1-4,9-11H2,(H,21,23). The van der Waals surface area contributed by atoms with Crippen LogP contribution in [0.5, 0.6) is 5.75 Å². The highest BCUT2D eigenvalue weighted by Gasteiger charge is 2.32. The lowest BCUT2D eigenvalue weighted by atomic mass is 9.92. The number of nitriles is 1. The second-order valence-corrected chi connectivity index (χ2v) is 6.21. The van der Waals surface area contributed by atoms with E-state index >= 15 is 0 Å². The van der Waals surface area contributed by atoms with Crippen LogP contribution < -0.4 is 10.1 Å². The zero-order chi connectivity index (χ0) is 17.5. The minimum absolute atomic E-state index is 0.122. The molecule has 0 spiro atoms.